The number of amides is 3. The Morgan fingerprint density at radius 1 is 0.308 bits per heavy atom. The maximum atomic E-state index is 11.7. The lowest BCUT2D eigenvalue weighted by atomic mass is 10.1. The van der Waals surface area contributed by atoms with E-state index in [1.54, 1.807) is 0 Å². The number of carbonyl (C=O) groups is 3. The molecule has 0 aliphatic rings. The van der Waals surface area contributed by atoms with Gasteiger partial charge >= 0.3 is 0 Å². The third-order valence-electron chi connectivity index (χ3n) is 13.4. The summed E-state index contributed by atoms with van der Waals surface area (Å²) in [5.74, 6) is 5.64. The summed E-state index contributed by atoms with van der Waals surface area (Å²) in [7, 11) is 0. The van der Waals surface area contributed by atoms with Crippen LogP contribution in [0, 0.1) is 24.7 Å². The molecule has 0 unspecified atom stereocenters. The first-order valence-electron chi connectivity index (χ1n) is 32.5. The van der Waals surface area contributed by atoms with Gasteiger partial charge in [-0.05, 0) is 128 Å². The van der Waals surface area contributed by atoms with Crippen molar-refractivity contribution < 1.29 is 14.4 Å². The van der Waals surface area contributed by atoms with Gasteiger partial charge in [0.2, 0.25) is 17.7 Å². The van der Waals surface area contributed by atoms with E-state index in [1.807, 2.05) is 0 Å². The predicted molar refractivity (Wildman–Crippen MR) is 349 cm³/mol. The monoisotopic (exact) mass is 1080 g/mol. The van der Waals surface area contributed by atoms with E-state index in [4.69, 9.17) is 12.8 Å². The highest BCUT2D eigenvalue weighted by Crippen LogP contribution is 2.11. The summed E-state index contributed by atoms with van der Waals surface area (Å²) in [6, 6.07) is 0. The Kier molecular flexibility index (Phi) is 79.6. The molecular formula is C72H129N3O3. The minimum atomic E-state index is 0. The van der Waals surface area contributed by atoms with Crippen molar-refractivity contribution in [1.82, 2.24) is 16.0 Å². The molecule has 0 heterocycles. The number of hydrogen-bond acceptors (Lipinski definition) is 3. The second-order valence-corrected chi connectivity index (χ2v) is 21.1. The lowest BCUT2D eigenvalue weighted by molar-refractivity contribution is -0.122. The third-order valence-corrected chi connectivity index (χ3v) is 13.4. The second kappa shape index (κ2) is 77.2. The van der Waals surface area contributed by atoms with Crippen molar-refractivity contribution in [3.05, 3.63) is 72.9 Å². The van der Waals surface area contributed by atoms with Gasteiger partial charge < -0.3 is 16.0 Å². The Labute approximate surface area is 487 Å². The van der Waals surface area contributed by atoms with E-state index < -0.39 is 0 Å². The summed E-state index contributed by atoms with van der Waals surface area (Å²) in [6.45, 7) is 11.0. The fourth-order valence-electron chi connectivity index (χ4n) is 8.43. The van der Waals surface area contributed by atoms with E-state index in [0.717, 1.165) is 90.1 Å². The van der Waals surface area contributed by atoms with Gasteiger partial charge in [0.05, 0.1) is 6.54 Å². The van der Waals surface area contributed by atoms with Gasteiger partial charge in [-0.3, -0.25) is 14.4 Å². The molecule has 0 atom stereocenters. The highest BCUT2D eigenvalue weighted by Gasteiger charge is 2.02. The quantitative estimate of drug-likeness (QED) is 0.0322. The van der Waals surface area contributed by atoms with Crippen LogP contribution in [-0.4, -0.2) is 37.4 Å². The van der Waals surface area contributed by atoms with Gasteiger partial charge in [0, 0.05) is 38.8 Å². The minimum Gasteiger partial charge on any atom is -0.356 e. The molecule has 0 aromatic carbocycles. The molecule has 78 heavy (non-hydrogen) atoms. The van der Waals surface area contributed by atoms with Gasteiger partial charge in [-0.15, -0.1) is 18.8 Å². The van der Waals surface area contributed by atoms with Crippen molar-refractivity contribution in [2.45, 2.75) is 324 Å². The molecule has 450 valence electrons. The van der Waals surface area contributed by atoms with Crippen molar-refractivity contribution in [3.8, 4) is 24.7 Å². The Morgan fingerprint density at radius 2 is 0.564 bits per heavy atom. The third kappa shape index (κ3) is 80.8. The standard InChI is InChI=1S/C25H47NO.C25H43NO.C21H35NO.CH4/c1-3-5-7-9-10-11-12-13-14-15-16-17-18-19-21-23-25(27)26-24-22-20-8-6-4-2;1-3-5-7-9-10-11-12-13-14-15-16-17-18-20-22-24-26-25(27)23-21-19-8-6-4-2;1-3-5-6-7-8-9-10-11-12-13-14-15-16-17-18-19-21(23)22-20-4-2;/h10-11,13-14H,3-9,12,15-24H2,1-2H3,(H,26,27);1,10-11,13-14H,4-9,12,15-24H2,2H3,(H,26,27);2,8-9,11-12H,3,5-7,10,13-20H2,1H3,(H,22,23);1H4/b2*11-10-,14-13-;9-8-,12-11-;. The fourth-order valence-corrected chi connectivity index (χ4v) is 8.43. The summed E-state index contributed by atoms with van der Waals surface area (Å²) in [5, 5.41) is 8.80. The van der Waals surface area contributed by atoms with Gasteiger partial charge in [0.25, 0.3) is 0 Å². The number of terminal acetylenes is 2. The van der Waals surface area contributed by atoms with Crippen LogP contribution in [0.4, 0.5) is 0 Å². The van der Waals surface area contributed by atoms with Crippen molar-refractivity contribution in [1.29, 1.82) is 0 Å². The van der Waals surface area contributed by atoms with Crippen LogP contribution in [0.2, 0.25) is 0 Å². The van der Waals surface area contributed by atoms with Crippen LogP contribution in [0.15, 0.2) is 72.9 Å². The first-order chi connectivity index (χ1) is 37.9. The van der Waals surface area contributed by atoms with Crippen molar-refractivity contribution >= 4 is 17.7 Å². The average molecular weight is 1080 g/mol. The van der Waals surface area contributed by atoms with Crippen molar-refractivity contribution in [3.63, 3.8) is 0 Å². The van der Waals surface area contributed by atoms with Crippen LogP contribution in [0.3, 0.4) is 0 Å². The van der Waals surface area contributed by atoms with Crippen LogP contribution in [0.1, 0.15) is 324 Å². The van der Waals surface area contributed by atoms with Crippen LogP contribution in [-0.2, 0) is 14.4 Å². The average Bonchev–Trinajstić information content (AvgIpc) is 3.43. The summed E-state index contributed by atoms with van der Waals surface area (Å²) >= 11 is 0. The molecule has 0 fully saturated rings. The molecule has 0 bridgehead atoms. The van der Waals surface area contributed by atoms with Gasteiger partial charge in [-0.1, -0.05) is 249 Å². The van der Waals surface area contributed by atoms with E-state index in [0.29, 0.717) is 25.8 Å². The first-order valence-corrected chi connectivity index (χ1v) is 32.5. The zero-order valence-corrected chi connectivity index (χ0v) is 51.2. The van der Waals surface area contributed by atoms with E-state index in [2.05, 4.69) is 128 Å². The second-order valence-electron chi connectivity index (χ2n) is 21.1. The van der Waals surface area contributed by atoms with E-state index in [1.165, 1.54) is 193 Å². The van der Waals surface area contributed by atoms with Crippen molar-refractivity contribution in [2.24, 2.45) is 0 Å². The molecule has 0 aliphatic carbocycles. The topological polar surface area (TPSA) is 87.3 Å². The molecular weight excluding hydrogens is 955 g/mol. The normalized spacial score (nSPS) is 11.2. The number of unbranched alkanes of at least 4 members (excludes halogenated alkanes) is 31. The molecule has 0 radical (unpaired) electrons. The molecule has 0 aromatic rings. The van der Waals surface area contributed by atoms with Gasteiger partial charge in [-0.2, -0.15) is 0 Å². The highest BCUT2D eigenvalue weighted by atomic mass is 16.2. The van der Waals surface area contributed by atoms with Crippen LogP contribution >= 0.6 is 0 Å². The molecule has 3 N–H and O–H groups in total. The van der Waals surface area contributed by atoms with Crippen molar-refractivity contribution in [2.75, 3.05) is 19.6 Å². The summed E-state index contributed by atoms with van der Waals surface area (Å²) in [4.78, 5) is 34.7. The minimum absolute atomic E-state index is 0. The molecule has 6 heteroatoms. The molecule has 0 spiro atoms. The molecule has 0 saturated heterocycles. The summed E-state index contributed by atoms with van der Waals surface area (Å²) < 4.78 is 0. The van der Waals surface area contributed by atoms with Crippen LogP contribution < -0.4 is 16.0 Å². The van der Waals surface area contributed by atoms with Gasteiger partial charge in [0.15, 0.2) is 0 Å². The molecule has 0 saturated carbocycles. The lowest BCUT2D eigenvalue weighted by Crippen LogP contribution is -2.23. The maximum Gasteiger partial charge on any atom is 0.220 e. The smallest absolute Gasteiger partial charge is 0.220 e. The van der Waals surface area contributed by atoms with Gasteiger partial charge in [0.1, 0.15) is 0 Å². The number of nitrogens with one attached hydrogen (secondary N) is 3. The predicted octanol–water partition coefficient (Wildman–Crippen LogP) is 21.2. The Balaban J connectivity index is -0.000000525. The Bertz CT molecular complexity index is 1490. The maximum absolute atomic E-state index is 11.7. The first kappa shape index (κ1) is 80.4. The van der Waals surface area contributed by atoms with E-state index in [-0.39, 0.29) is 25.1 Å². The molecule has 0 rings (SSSR count). The summed E-state index contributed by atoms with van der Waals surface area (Å²) in [6.07, 6.45) is 90.3. The number of rotatable bonds is 54. The zero-order chi connectivity index (χ0) is 56.7. The fraction of sp³-hybridized carbons (Fsp3) is 0.736. The number of hydrogen-bond donors (Lipinski definition) is 3. The Hall–Kier alpha value is -4.03. The number of allylic oxidation sites excluding steroid dienone is 12. The number of carbonyl (C=O) groups excluding carboxylic acids is 3. The van der Waals surface area contributed by atoms with Gasteiger partial charge in [-0.25, -0.2) is 0 Å². The molecule has 6 nitrogen and oxygen atoms in total. The molecule has 0 aromatic heterocycles. The molecule has 0 aliphatic heterocycles. The zero-order valence-electron chi connectivity index (χ0n) is 51.2. The largest absolute Gasteiger partial charge is 0.356 e. The SMILES string of the molecule is C.C#CCCC/C=C\C/C=C\CCCCCCCNC(=O)CCCCCCC.C#CCNC(=O)CCCCCCC/C=C\C/C=C\CCCCC.CCCCC/C=C\C/C=C\CCCCCCCC(=O)NCCCCCCC. The molecule has 3 amide bonds. The van der Waals surface area contributed by atoms with E-state index >= 15 is 0 Å². The Morgan fingerprint density at radius 3 is 0.885 bits per heavy atom. The van der Waals surface area contributed by atoms with Crippen LogP contribution in [0.5, 0.6) is 0 Å². The lowest BCUT2D eigenvalue weighted by Gasteiger charge is -2.05. The van der Waals surface area contributed by atoms with E-state index in [9.17, 15) is 14.4 Å². The summed E-state index contributed by atoms with van der Waals surface area (Å²) in [5.41, 5.74) is 0. The van der Waals surface area contributed by atoms with Crippen LogP contribution in [0.25, 0.3) is 0 Å². The highest BCUT2D eigenvalue weighted by molar-refractivity contribution is 5.76.